The van der Waals surface area contributed by atoms with Crippen LogP contribution in [0.4, 0.5) is 0 Å². The Hall–Kier alpha value is -6.53. The number of nitrogens with zero attached hydrogens (tertiary/aromatic N) is 4. The smallest absolute Gasteiger partial charge is 0.183 e. The summed E-state index contributed by atoms with van der Waals surface area (Å²) in [6.45, 7) is 0. The third-order valence-electron chi connectivity index (χ3n) is 9.98. The Morgan fingerprint density at radius 3 is 2.29 bits per heavy atom. The quantitative estimate of drug-likeness (QED) is 0.194. The molecule has 5 heterocycles. The van der Waals surface area contributed by atoms with Crippen molar-refractivity contribution in [3.05, 3.63) is 151 Å². The van der Waals surface area contributed by atoms with Gasteiger partial charge in [-0.05, 0) is 41.3 Å². The Morgan fingerprint density at radius 1 is 0.592 bits per heavy atom. The van der Waals surface area contributed by atoms with Crippen LogP contribution in [0.25, 0.3) is 83.3 Å². The number of aromatic nitrogens is 4. The molecule has 1 aliphatic carbocycles. The standard InChI is InChI=1S/C43H26N4O2/c1-2-10-25(11-3-1)34-24-47-40-39(26-18-20-31-29-13-6-8-16-35(29)48-37(31)22-26)44-41(45-42(40)46-43(47)33-15-5-4-12-28(33)34)27-19-21-32-30-14-7-9-17-36(30)49-38(32)23-27/h1-24,30,36H. The third-order valence-corrected chi connectivity index (χ3v) is 9.98. The number of pyridine rings is 1. The highest BCUT2D eigenvalue weighted by Crippen LogP contribution is 2.44. The lowest BCUT2D eigenvalue weighted by atomic mass is 9.91. The van der Waals surface area contributed by atoms with Gasteiger partial charge in [0, 0.05) is 50.5 Å². The monoisotopic (exact) mass is 630 g/mol. The molecule has 0 saturated carbocycles. The Labute approximate surface area is 280 Å². The van der Waals surface area contributed by atoms with Crippen molar-refractivity contribution in [3.63, 3.8) is 0 Å². The zero-order chi connectivity index (χ0) is 32.1. The summed E-state index contributed by atoms with van der Waals surface area (Å²) in [6.07, 6.45) is 10.6. The lowest BCUT2D eigenvalue weighted by molar-refractivity contribution is 0.269. The van der Waals surface area contributed by atoms with Gasteiger partial charge in [-0.15, -0.1) is 0 Å². The molecule has 2 aliphatic rings. The van der Waals surface area contributed by atoms with Crippen LogP contribution < -0.4 is 4.74 Å². The number of imidazole rings is 1. The van der Waals surface area contributed by atoms with Gasteiger partial charge in [-0.25, -0.2) is 15.0 Å². The minimum absolute atomic E-state index is 0.00952. The van der Waals surface area contributed by atoms with Crippen LogP contribution >= 0.6 is 0 Å². The van der Waals surface area contributed by atoms with E-state index in [9.17, 15) is 0 Å². The van der Waals surface area contributed by atoms with Crippen molar-refractivity contribution in [3.8, 4) is 39.5 Å². The molecule has 49 heavy (non-hydrogen) atoms. The molecule has 4 aromatic heterocycles. The predicted molar refractivity (Wildman–Crippen MR) is 195 cm³/mol. The van der Waals surface area contributed by atoms with Crippen LogP contribution in [0.3, 0.4) is 0 Å². The fourth-order valence-corrected chi connectivity index (χ4v) is 7.66. The summed E-state index contributed by atoms with van der Waals surface area (Å²) in [5, 5.41) is 4.35. The maximum absolute atomic E-state index is 6.38. The highest BCUT2D eigenvalue weighted by molar-refractivity contribution is 6.08. The first kappa shape index (κ1) is 26.5. The summed E-state index contributed by atoms with van der Waals surface area (Å²) in [6, 6.07) is 39.8. The zero-order valence-corrected chi connectivity index (χ0v) is 26.1. The van der Waals surface area contributed by atoms with E-state index in [0.717, 1.165) is 77.6 Å². The van der Waals surface area contributed by atoms with E-state index in [4.69, 9.17) is 24.1 Å². The molecule has 9 aromatic rings. The van der Waals surface area contributed by atoms with Gasteiger partial charge in [0.25, 0.3) is 0 Å². The molecule has 230 valence electrons. The molecule has 0 N–H and O–H groups in total. The van der Waals surface area contributed by atoms with Crippen LogP contribution in [0, 0.1) is 0 Å². The average molecular weight is 631 g/mol. The van der Waals surface area contributed by atoms with Gasteiger partial charge in [-0.2, -0.15) is 0 Å². The SMILES string of the molecule is C1=CC2Oc3cc(-c4nc(-c5ccc6c(c5)oc5ccccc56)c5c(n4)nc4c6ccccc6c(-c6ccccc6)cn45)ccc3C2C=C1. The van der Waals surface area contributed by atoms with Crippen LogP contribution in [0.5, 0.6) is 5.75 Å². The van der Waals surface area contributed by atoms with Crippen LogP contribution in [0.15, 0.2) is 150 Å². The first-order valence-corrected chi connectivity index (χ1v) is 16.5. The first-order valence-electron chi connectivity index (χ1n) is 16.5. The number of fused-ring (bicyclic) bond motifs is 11. The molecule has 11 rings (SSSR count). The fraction of sp³-hybridized carbons (Fsp3) is 0.0465. The second-order valence-corrected chi connectivity index (χ2v) is 12.8. The Balaban J connectivity index is 1.20. The maximum atomic E-state index is 6.38. The molecule has 0 amide bonds. The Kier molecular flexibility index (Phi) is 5.41. The first-order chi connectivity index (χ1) is 24.3. The van der Waals surface area contributed by atoms with E-state index in [1.807, 2.05) is 30.3 Å². The van der Waals surface area contributed by atoms with E-state index in [1.165, 1.54) is 5.56 Å². The van der Waals surface area contributed by atoms with Crippen LogP contribution in [-0.4, -0.2) is 25.5 Å². The van der Waals surface area contributed by atoms with E-state index < -0.39 is 0 Å². The van der Waals surface area contributed by atoms with E-state index in [1.54, 1.807) is 0 Å². The number of rotatable bonds is 3. The van der Waals surface area contributed by atoms with Gasteiger partial charge in [-0.3, -0.25) is 4.40 Å². The lowest BCUT2D eigenvalue weighted by Crippen LogP contribution is -2.15. The van der Waals surface area contributed by atoms with Crippen molar-refractivity contribution in [2.75, 3.05) is 0 Å². The number of hydrogen-bond donors (Lipinski definition) is 0. The van der Waals surface area contributed by atoms with Gasteiger partial charge in [0.1, 0.15) is 39.9 Å². The molecule has 6 nitrogen and oxygen atoms in total. The zero-order valence-electron chi connectivity index (χ0n) is 26.1. The van der Waals surface area contributed by atoms with Gasteiger partial charge in [0.15, 0.2) is 11.5 Å². The predicted octanol–water partition coefficient (Wildman–Crippen LogP) is 10.3. The Bertz CT molecular complexity index is 2880. The summed E-state index contributed by atoms with van der Waals surface area (Å²) in [7, 11) is 0. The van der Waals surface area contributed by atoms with E-state index in [-0.39, 0.29) is 12.0 Å². The van der Waals surface area contributed by atoms with Crippen LogP contribution in [0.1, 0.15) is 11.5 Å². The van der Waals surface area contributed by atoms with Gasteiger partial charge >= 0.3 is 0 Å². The summed E-state index contributed by atoms with van der Waals surface area (Å²) in [4.78, 5) is 15.7. The van der Waals surface area contributed by atoms with E-state index in [2.05, 4.69) is 120 Å². The molecular weight excluding hydrogens is 604 g/mol. The minimum atomic E-state index is 0.00952. The van der Waals surface area contributed by atoms with Crippen molar-refractivity contribution < 1.29 is 9.15 Å². The average Bonchev–Trinajstić information content (AvgIpc) is 3.85. The molecule has 0 spiro atoms. The minimum Gasteiger partial charge on any atom is -0.485 e. The molecule has 0 bridgehead atoms. The molecule has 1 aliphatic heterocycles. The number of allylic oxidation sites excluding steroid dienone is 2. The topological polar surface area (TPSA) is 65.5 Å². The largest absolute Gasteiger partial charge is 0.485 e. The molecule has 0 fully saturated rings. The van der Waals surface area contributed by atoms with Gasteiger partial charge in [0.2, 0.25) is 0 Å². The molecule has 0 saturated heterocycles. The number of hydrogen-bond acceptors (Lipinski definition) is 5. The maximum Gasteiger partial charge on any atom is 0.183 e. The molecule has 6 heteroatoms. The van der Waals surface area contributed by atoms with Gasteiger partial charge in [0.05, 0.1) is 0 Å². The summed E-state index contributed by atoms with van der Waals surface area (Å²) in [5.74, 6) is 1.68. The number of para-hydroxylation sites is 1. The third kappa shape index (κ3) is 3.91. The highest BCUT2D eigenvalue weighted by Gasteiger charge is 2.32. The van der Waals surface area contributed by atoms with Gasteiger partial charge < -0.3 is 9.15 Å². The van der Waals surface area contributed by atoms with E-state index >= 15 is 0 Å². The summed E-state index contributed by atoms with van der Waals surface area (Å²) >= 11 is 0. The number of furan rings is 1. The molecule has 0 radical (unpaired) electrons. The van der Waals surface area contributed by atoms with Crippen molar-refractivity contribution in [1.29, 1.82) is 0 Å². The number of benzene rings is 5. The number of ether oxygens (including phenoxy) is 1. The van der Waals surface area contributed by atoms with E-state index in [0.29, 0.717) is 11.5 Å². The van der Waals surface area contributed by atoms with Crippen LogP contribution in [0.2, 0.25) is 0 Å². The highest BCUT2D eigenvalue weighted by atomic mass is 16.5. The Morgan fingerprint density at radius 2 is 1.37 bits per heavy atom. The van der Waals surface area contributed by atoms with Gasteiger partial charge in [-0.1, -0.05) is 109 Å². The molecular formula is C43H26N4O2. The second kappa shape index (κ2) is 9.99. The molecule has 2 unspecified atom stereocenters. The fourth-order valence-electron chi connectivity index (χ4n) is 7.66. The normalized spacial score (nSPS) is 16.6. The van der Waals surface area contributed by atoms with Crippen molar-refractivity contribution in [2.45, 2.75) is 12.0 Å². The molecule has 2 atom stereocenters. The van der Waals surface area contributed by atoms with Crippen LogP contribution in [-0.2, 0) is 0 Å². The van der Waals surface area contributed by atoms with Crippen molar-refractivity contribution in [1.82, 2.24) is 19.4 Å². The second-order valence-electron chi connectivity index (χ2n) is 12.8. The lowest BCUT2D eigenvalue weighted by Gasteiger charge is -2.13. The van der Waals surface area contributed by atoms with Crippen molar-refractivity contribution in [2.24, 2.45) is 0 Å². The summed E-state index contributed by atoms with van der Waals surface area (Å²) in [5.41, 5.74) is 10.00. The summed E-state index contributed by atoms with van der Waals surface area (Å²) < 4.78 is 14.9. The molecule has 5 aromatic carbocycles. The van der Waals surface area contributed by atoms with Crippen molar-refractivity contribution >= 4 is 49.5 Å².